The van der Waals surface area contributed by atoms with E-state index in [9.17, 15) is 0 Å². The molecule has 2 aliphatic carbocycles. The van der Waals surface area contributed by atoms with Gasteiger partial charge in [-0.1, -0.05) is 39.5 Å². The van der Waals surface area contributed by atoms with Crippen molar-refractivity contribution in [1.82, 2.24) is 0 Å². The summed E-state index contributed by atoms with van der Waals surface area (Å²) in [5, 5.41) is 0. The van der Waals surface area contributed by atoms with Gasteiger partial charge in [-0.2, -0.15) is 0 Å². The summed E-state index contributed by atoms with van der Waals surface area (Å²) < 4.78 is 6.31. The van der Waals surface area contributed by atoms with Gasteiger partial charge in [0.25, 0.3) is 0 Å². The summed E-state index contributed by atoms with van der Waals surface area (Å²) in [6, 6.07) is 0.241. The zero-order valence-corrected chi connectivity index (χ0v) is 13.9. The molecule has 0 saturated heterocycles. The highest BCUT2D eigenvalue weighted by molar-refractivity contribution is 4.98. The highest BCUT2D eigenvalue weighted by Crippen LogP contribution is 2.41. The number of rotatable bonds is 4. The molecule has 2 nitrogen and oxygen atoms in total. The quantitative estimate of drug-likeness (QED) is 0.769. The molecule has 118 valence electrons. The van der Waals surface area contributed by atoms with Crippen molar-refractivity contribution in [2.24, 2.45) is 23.5 Å². The molecule has 2 rings (SSSR count). The summed E-state index contributed by atoms with van der Waals surface area (Å²) >= 11 is 0. The average molecular weight is 281 g/mol. The molecule has 2 N–H and O–H groups in total. The summed E-state index contributed by atoms with van der Waals surface area (Å²) in [5.74, 6) is 2.33. The highest BCUT2D eigenvalue weighted by Gasteiger charge is 2.43. The van der Waals surface area contributed by atoms with E-state index >= 15 is 0 Å². The minimum atomic E-state index is -0.0211. The van der Waals surface area contributed by atoms with Crippen LogP contribution in [0.5, 0.6) is 0 Å². The van der Waals surface area contributed by atoms with Gasteiger partial charge in [-0.3, -0.25) is 0 Å². The van der Waals surface area contributed by atoms with Gasteiger partial charge in [-0.15, -0.1) is 0 Å². The van der Waals surface area contributed by atoms with E-state index < -0.39 is 0 Å². The van der Waals surface area contributed by atoms with E-state index in [4.69, 9.17) is 10.5 Å². The Bertz CT molecular complexity index is 273. The molecule has 0 bridgehead atoms. The van der Waals surface area contributed by atoms with Gasteiger partial charge >= 0.3 is 0 Å². The van der Waals surface area contributed by atoms with Crippen molar-refractivity contribution in [3.8, 4) is 0 Å². The SMILES string of the molecule is CCOC1(C(N)C2CC(C)CC(C)C2)CCCCCC1. The summed E-state index contributed by atoms with van der Waals surface area (Å²) in [6.45, 7) is 7.74. The van der Waals surface area contributed by atoms with Crippen LogP contribution in [0.3, 0.4) is 0 Å². The Morgan fingerprint density at radius 3 is 2.05 bits per heavy atom. The van der Waals surface area contributed by atoms with Crippen molar-refractivity contribution in [2.45, 2.75) is 90.2 Å². The first-order chi connectivity index (χ1) is 9.57. The normalized spacial score (nSPS) is 36.3. The topological polar surface area (TPSA) is 35.2 Å². The van der Waals surface area contributed by atoms with Gasteiger partial charge in [0.2, 0.25) is 0 Å². The molecular weight excluding hydrogens is 246 g/mol. The van der Waals surface area contributed by atoms with Gasteiger partial charge in [-0.05, 0) is 56.8 Å². The molecule has 2 saturated carbocycles. The first kappa shape index (κ1) is 16.3. The van der Waals surface area contributed by atoms with Crippen molar-refractivity contribution >= 4 is 0 Å². The fourth-order valence-electron chi connectivity index (χ4n) is 4.92. The lowest BCUT2D eigenvalue weighted by Gasteiger charge is -2.45. The van der Waals surface area contributed by atoms with Gasteiger partial charge < -0.3 is 10.5 Å². The summed E-state index contributed by atoms with van der Waals surface area (Å²) in [4.78, 5) is 0. The van der Waals surface area contributed by atoms with Crippen LogP contribution in [-0.2, 0) is 4.74 Å². The standard InChI is InChI=1S/C18H35NO/c1-4-20-18(9-7-5-6-8-10-18)17(19)16-12-14(2)11-15(3)13-16/h14-17H,4-13,19H2,1-3H3. The van der Waals surface area contributed by atoms with Gasteiger partial charge in [0.1, 0.15) is 0 Å². The third-order valence-corrected chi connectivity index (χ3v) is 5.71. The van der Waals surface area contributed by atoms with Crippen LogP contribution in [0.15, 0.2) is 0 Å². The third kappa shape index (κ3) is 3.76. The maximum absolute atomic E-state index is 6.81. The van der Waals surface area contributed by atoms with Gasteiger partial charge in [-0.25, -0.2) is 0 Å². The second kappa shape index (κ2) is 7.26. The molecule has 0 aromatic carbocycles. The van der Waals surface area contributed by atoms with Gasteiger partial charge in [0.05, 0.1) is 5.60 Å². The minimum absolute atomic E-state index is 0.0211. The van der Waals surface area contributed by atoms with Crippen molar-refractivity contribution in [3.63, 3.8) is 0 Å². The second-order valence-electron chi connectivity index (χ2n) is 7.62. The van der Waals surface area contributed by atoms with E-state index in [1.807, 2.05) is 0 Å². The Morgan fingerprint density at radius 2 is 1.55 bits per heavy atom. The van der Waals surface area contributed by atoms with Gasteiger partial charge in [0.15, 0.2) is 0 Å². The first-order valence-electron chi connectivity index (χ1n) is 8.97. The average Bonchev–Trinajstić information content (AvgIpc) is 2.64. The Hall–Kier alpha value is -0.0800. The van der Waals surface area contributed by atoms with E-state index in [1.54, 1.807) is 0 Å². The lowest BCUT2D eigenvalue weighted by Crippen LogP contribution is -2.55. The van der Waals surface area contributed by atoms with Crippen LogP contribution in [0.25, 0.3) is 0 Å². The van der Waals surface area contributed by atoms with E-state index in [0.717, 1.165) is 18.4 Å². The number of hydrogen-bond acceptors (Lipinski definition) is 2. The monoisotopic (exact) mass is 281 g/mol. The Labute approximate surface area is 125 Å². The molecule has 20 heavy (non-hydrogen) atoms. The molecule has 0 aromatic heterocycles. The number of nitrogens with two attached hydrogens (primary N) is 1. The predicted molar refractivity (Wildman–Crippen MR) is 85.7 cm³/mol. The van der Waals surface area contributed by atoms with E-state index in [0.29, 0.717) is 5.92 Å². The number of ether oxygens (including phenoxy) is 1. The van der Waals surface area contributed by atoms with Crippen LogP contribution < -0.4 is 5.73 Å². The molecule has 0 heterocycles. The fraction of sp³-hybridized carbons (Fsp3) is 1.00. The van der Waals surface area contributed by atoms with E-state index in [-0.39, 0.29) is 11.6 Å². The van der Waals surface area contributed by atoms with Crippen LogP contribution in [0, 0.1) is 17.8 Å². The molecule has 2 aliphatic rings. The Balaban J connectivity index is 2.10. The first-order valence-corrected chi connectivity index (χ1v) is 8.97. The molecule has 3 atom stereocenters. The smallest absolute Gasteiger partial charge is 0.0835 e. The van der Waals surface area contributed by atoms with Crippen molar-refractivity contribution in [2.75, 3.05) is 6.61 Å². The fourth-order valence-corrected chi connectivity index (χ4v) is 4.92. The predicted octanol–water partition coefficient (Wildman–Crippen LogP) is 4.52. The largest absolute Gasteiger partial charge is 0.374 e. The number of hydrogen-bond donors (Lipinski definition) is 1. The lowest BCUT2D eigenvalue weighted by atomic mass is 9.68. The van der Waals surface area contributed by atoms with Crippen LogP contribution in [0.1, 0.15) is 78.6 Å². The van der Waals surface area contributed by atoms with Crippen LogP contribution >= 0.6 is 0 Å². The van der Waals surface area contributed by atoms with Crippen LogP contribution in [-0.4, -0.2) is 18.2 Å². The third-order valence-electron chi connectivity index (χ3n) is 5.71. The molecule has 2 fully saturated rings. The lowest BCUT2D eigenvalue weighted by molar-refractivity contribution is -0.0870. The van der Waals surface area contributed by atoms with Crippen molar-refractivity contribution in [1.29, 1.82) is 0 Å². The van der Waals surface area contributed by atoms with E-state index in [2.05, 4.69) is 20.8 Å². The second-order valence-corrected chi connectivity index (χ2v) is 7.62. The molecule has 0 amide bonds. The molecule has 0 aliphatic heterocycles. The zero-order valence-electron chi connectivity index (χ0n) is 13.9. The van der Waals surface area contributed by atoms with Gasteiger partial charge in [0, 0.05) is 12.6 Å². The maximum Gasteiger partial charge on any atom is 0.0835 e. The Morgan fingerprint density at radius 1 is 1.00 bits per heavy atom. The minimum Gasteiger partial charge on any atom is -0.374 e. The summed E-state index contributed by atoms with van der Waals surface area (Å²) in [7, 11) is 0. The Kier molecular flexibility index (Phi) is 5.92. The summed E-state index contributed by atoms with van der Waals surface area (Å²) in [5.41, 5.74) is 6.79. The van der Waals surface area contributed by atoms with Crippen molar-refractivity contribution < 1.29 is 4.74 Å². The molecule has 0 radical (unpaired) electrons. The van der Waals surface area contributed by atoms with E-state index in [1.165, 1.54) is 57.8 Å². The molecule has 2 heteroatoms. The maximum atomic E-state index is 6.81. The molecule has 3 unspecified atom stereocenters. The zero-order chi connectivity index (χ0) is 14.6. The van der Waals surface area contributed by atoms with Crippen LogP contribution in [0.4, 0.5) is 0 Å². The van der Waals surface area contributed by atoms with Crippen molar-refractivity contribution in [3.05, 3.63) is 0 Å². The highest BCUT2D eigenvalue weighted by atomic mass is 16.5. The van der Waals surface area contributed by atoms with Crippen LogP contribution in [0.2, 0.25) is 0 Å². The molecule has 0 aromatic rings. The molecular formula is C18H35NO. The summed E-state index contributed by atoms with van der Waals surface area (Å²) in [6.07, 6.45) is 11.7. The molecule has 0 spiro atoms.